The molecule has 7 nitrogen and oxygen atoms in total. The zero-order valence-corrected chi connectivity index (χ0v) is 16.3. The Morgan fingerprint density at radius 2 is 1.82 bits per heavy atom. The average molecular weight is 382 g/mol. The van der Waals surface area contributed by atoms with Crippen LogP contribution in [0, 0.1) is 10.1 Å². The Labute approximate surface area is 164 Å². The Kier molecular flexibility index (Phi) is 6.13. The third kappa shape index (κ3) is 4.79. The fourth-order valence-corrected chi connectivity index (χ4v) is 3.44. The van der Waals surface area contributed by atoms with Crippen molar-refractivity contribution in [3.63, 3.8) is 0 Å². The number of carbonyl (C=O) groups excluding carboxylic acids is 1. The minimum atomic E-state index is -0.476. The van der Waals surface area contributed by atoms with Crippen molar-refractivity contribution < 1.29 is 9.72 Å². The summed E-state index contributed by atoms with van der Waals surface area (Å²) in [7, 11) is 3.94. The van der Waals surface area contributed by atoms with Gasteiger partial charge >= 0.3 is 0 Å². The lowest BCUT2D eigenvalue weighted by atomic mass is 10.1. The van der Waals surface area contributed by atoms with Crippen LogP contribution in [0.1, 0.15) is 41.6 Å². The largest absolute Gasteiger partial charge is 0.382 e. The Balaban J connectivity index is 1.74. The molecule has 2 aromatic carbocycles. The van der Waals surface area contributed by atoms with E-state index in [9.17, 15) is 14.9 Å². The molecular weight excluding hydrogens is 356 g/mol. The first-order chi connectivity index (χ1) is 13.4. The predicted molar refractivity (Wildman–Crippen MR) is 111 cm³/mol. The van der Waals surface area contributed by atoms with Crippen molar-refractivity contribution in [2.75, 3.05) is 24.3 Å². The molecule has 2 N–H and O–H groups in total. The second-order valence-corrected chi connectivity index (χ2v) is 7.36. The molecule has 0 heterocycles. The molecule has 0 unspecified atom stereocenters. The second-order valence-electron chi connectivity index (χ2n) is 7.36. The number of rotatable bonds is 7. The lowest BCUT2D eigenvalue weighted by Crippen LogP contribution is -2.25. The van der Waals surface area contributed by atoms with Crippen LogP contribution >= 0.6 is 0 Å². The predicted octanol–water partition coefficient (Wildman–Crippen LogP) is 3.95. The van der Waals surface area contributed by atoms with Gasteiger partial charge in [0.25, 0.3) is 11.6 Å². The summed E-state index contributed by atoms with van der Waals surface area (Å²) in [4.78, 5) is 25.5. The zero-order valence-electron chi connectivity index (χ0n) is 16.3. The maximum absolute atomic E-state index is 12.8. The smallest absolute Gasteiger partial charge is 0.270 e. The molecule has 28 heavy (non-hydrogen) atoms. The molecule has 148 valence electrons. The number of hydrogen-bond acceptors (Lipinski definition) is 5. The first-order valence-electron chi connectivity index (χ1n) is 9.53. The Morgan fingerprint density at radius 1 is 1.14 bits per heavy atom. The van der Waals surface area contributed by atoms with E-state index in [0.29, 0.717) is 23.8 Å². The molecule has 0 saturated heterocycles. The van der Waals surface area contributed by atoms with Crippen LogP contribution in [0.15, 0.2) is 42.5 Å². The molecule has 0 bridgehead atoms. The Hall–Kier alpha value is -3.09. The highest BCUT2D eigenvalue weighted by molar-refractivity contribution is 6.00. The third-order valence-electron chi connectivity index (χ3n) is 5.08. The van der Waals surface area contributed by atoms with Crippen molar-refractivity contribution in [1.29, 1.82) is 0 Å². The first kappa shape index (κ1) is 19.7. The number of nitrogens with one attached hydrogen (secondary N) is 2. The summed E-state index contributed by atoms with van der Waals surface area (Å²) >= 11 is 0. The van der Waals surface area contributed by atoms with Crippen LogP contribution in [0.25, 0.3) is 0 Å². The molecule has 0 aromatic heterocycles. The van der Waals surface area contributed by atoms with Crippen molar-refractivity contribution >= 4 is 23.0 Å². The van der Waals surface area contributed by atoms with E-state index in [2.05, 4.69) is 10.6 Å². The molecular formula is C21H26N4O3. The topological polar surface area (TPSA) is 87.5 Å². The molecule has 1 saturated carbocycles. The summed E-state index contributed by atoms with van der Waals surface area (Å²) in [6, 6.07) is 12.6. The monoisotopic (exact) mass is 382 g/mol. The highest BCUT2D eigenvalue weighted by atomic mass is 16.6. The Bertz CT molecular complexity index is 843. The summed E-state index contributed by atoms with van der Waals surface area (Å²) in [5, 5.41) is 17.4. The minimum absolute atomic E-state index is 0.0857. The minimum Gasteiger partial charge on any atom is -0.382 e. The van der Waals surface area contributed by atoms with Crippen molar-refractivity contribution in [2.24, 2.45) is 0 Å². The molecule has 1 aliphatic carbocycles. The zero-order chi connectivity index (χ0) is 20.1. The van der Waals surface area contributed by atoms with Gasteiger partial charge in [-0.05, 0) is 36.6 Å². The van der Waals surface area contributed by atoms with Crippen molar-refractivity contribution in [3.05, 3.63) is 63.7 Å². The number of hydrogen-bond donors (Lipinski definition) is 2. The van der Waals surface area contributed by atoms with E-state index < -0.39 is 4.92 Å². The number of anilines is 2. The van der Waals surface area contributed by atoms with Crippen LogP contribution in [0.2, 0.25) is 0 Å². The van der Waals surface area contributed by atoms with E-state index in [1.165, 1.54) is 12.1 Å². The number of amides is 1. The van der Waals surface area contributed by atoms with Crippen molar-refractivity contribution in [1.82, 2.24) is 5.32 Å². The third-order valence-corrected chi connectivity index (χ3v) is 5.08. The second kappa shape index (κ2) is 8.73. The normalized spacial score (nSPS) is 13.9. The van der Waals surface area contributed by atoms with E-state index in [4.69, 9.17) is 0 Å². The van der Waals surface area contributed by atoms with Crippen LogP contribution in [-0.4, -0.2) is 31.0 Å². The van der Waals surface area contributed by atoms with Gasteiger partial charge in [0.2, 0.25) is 0 Å². The lowest BCUT2D eigenvalue weighted by Gasteiger charge is -2.17. The number of nitrogens with zero attached hydrogens (tertiary/aromatic N) is 2. The number of benzene rings is 2. The SMILES string of the molecule is CN(C)c1ccc(CNC(=O)c2cc([N+](=O)[O-])ccc2NC2CCCC2)cc1. The van der Waals surface area contributed by atoms with Crippen LogP contribution < -0.4 is 15.5 Å². The molecule has 1 amide bonds. The number of carbonyl (C=O) groups is 1. The van der Waals surface area contributed by atoms with E-state index in [-0.39, 0.29) is 11.6 Å². The van der Waals surface area contributed by atoms with Gasteiger partial charge < -0.3 is 15.5 Å². The van der Waals surface area contributed by atoms with Crippen molar-refractivity contribution in [3.8, 4) is 0 Å². The van der Waals surface area contributed by atoms with E-state index in [0.717, 1.165) is 36.9 Å². The lowest BCUT2D eigenvalue weighted by molar-refractivity contribution is -0.384. The van der Waals surface area contributed by atoms with Gasteiger partial charge in [0, 0.05) is 50.2 Å². The van der Waals surface area contributed by atoms with Gasteiger partial charge in [-0.15, -0.1) is 0 Å². The standard InChI is InChI=1S/C21H26N4O3/c1-24(2)17-9-7-15(8-10-17)14-22-21(26)19-13-18(25(27)28)11-12-20(19)23-16-5-3-4-6-16/h7-13,16,23H,3-6,14H2,1-2H3,(H,22,26). The molecule has 1 fully saturated rings. The maximum atomic E-state index is 12.8. The van der Waals surface area contributed by atoms with Gasteiger partial charge in [-0.3, -0.25) is 14.9 Å². The highest BCUT2D eigenvalue weighted by Crippen LogP contribution is 2.27. The fourth-order valence-electron chi connectivity index (χ4n) is 3.44. The summed E-state index contributed by atoms with van der Waals surface area (Å²) < 4.78 is 0. The highest BCUT2D eigenvalue weighted by Gasteiger charge is 2.21. The first-order valence-corrected chi connectivity index (χ1v) is 9.53. The van der Waals surface area contributed by atoms with E-state index >= 15 is 0 Å². The summed E-state index contributed by atoms with van der Waals surface area (Å²) in [5.41, 5.74) is 2.92. The molecule has 0 atom stereocenters. The number of nitro groups is 1. The fraction of sp³-hybridized carbons (Fsp3) is 0.381. The van der Waals surface area contributed by atoms with Crippen LogP contribution in [0.3, 0.4) is 0 Å². The van der Waals surface area contributed by atoms with Crippen molar-refractivity contribution in [2.45, 2.75) is 38.3 Å². The molecule has 0 radical (unpaired) electrons. The molecule has 1 aliphatic rings. The van der Waals surface area contributed by atoms with Gasteiger partial charge in [-0.2, -0.15) is 0 Å². The summed E-state index contributed by atoms with van der Waals surface area (Å²) in [5.74, 6) is -0.319. The Morgan fingerprint density at radius 3 is 2.43 bits per heavy atom. The molecule has 0 spiro atoms. The van der Waals surface area contributed by atoms with Crippen LogP contribution in [0.4, 0.5) is 17.1 Å². The number of non-ortho nitro benzene ring substituents is 1. The molecule has 2 aromatic rings. The molecule has 7 heteroatoms. The van der Waals surface area contributed by atoms with E-state index in [1.54, 1.807) is 6.07 Å². The maximum Gasteiger partial charge on any atom is 0.270 e. The van der Waals surface area contributed by atoms with Crippen LogP contribution in [-0.2, 0) is 6.54 Å². The van der Waals surface area contributed by atoms with Gasteiger partial charge in [-0.25, -0.2) is 0 Å². The quantitative estimate of drug-likeness (QED) is 0.559. The van der Waals surface area contributed by atoms with Gasteiger partial charge in [0.15, 0.2) is 0 Å². The van der Waals surface area contributed by atoms with E-state index in [1.807, 2.05) is 43.3 Å². The average Bonchev–Trinajstić information content (AvgIpc) is 3.19. The number of nitro benzene ring substituents is 1. The molecule has 3 rings (SSSR count). The molecule has 0 aliphatic heterocycles. The van der Waals surface area contributed by atoms with Gasteiger partial charge in [0.1, 0.15) is 0 Å². The van der Waals surface area contributed by atoms with Crippen LogP contribution in [0.5, 0.6) is 0 Å². The van der Waals surface area contributed by atoms with Gasteiger partial charge in [-0.1, -0.05) is 25.0 Å². The summed E-state index contributed by atoms with van der Waals surface area (Å²) in [6.45, 7) is 0.359. The summed E-state index contributed by atoms with van der Waals surface area (Å²) in [6.07, 6.45) is 4.43. The van der Waals surface area contributed by atoms with Gasteiger partial charge in [0.05, 0.1) is 10.5 Å².